The summed E-state index contributed by atoms with van der Waals surface area (Å²) in [5, 5.41) is 5.75. The molecule has 30 heavy (non-hydrogen) atoms. The smallest absolute Gasteiger partial charge is 0.297 e. The summed E-state index contributed by atoms with van der Waals surface area (Å²) in [7, 11) is 0. The summed E-state index contributed by atoms with van der Waals surface area (Å²) in [6.07, 6.45) is 11.2. The number of anilines is 2. The molecule has 0 fully saturated rings. The van der Waals surface area contributed by atoms with Gasteiger partial charge >= 0.3 is 0 Å². The average molecular weight is 422 g/mol. The lowest BCUT2D eigenvalue weighted by Gasteiger charge is -2.15. The van der Waals surface area contributed by atoms with Crippen molar-refractivity contribution in [1.82, 2.24) is 4.98 Å². The number of alkyl halides is 2. The zero-order valence-electron chi connectivity index (χ0n) is 17.4. The Morgan fingerprint density at radius 1 is 1.03 bits per heavy atom. The van der Waals surface area contributed by atoms with Crippen LogP contribution in [0.2, 0.25) is 0 Å². The van der Waals surface area contributed by atoms with Gasteiger partial charge in [-0.05, 0) is 24.6 Å². The highest BCUT2D eigenvalue weighted by molar-refractivity contribution is 5.60. The molecule has 2 aromatic rings. The highest BCUT2D eigenvalue weighted by atomic mass is 19.3. The molecule has 164 valence electrons. The molecular weight excluding hydrogens is 391 g/mol. The van der Waals surface area contributed by atoms with Crippen LogP contribution >= 0.6 is 0 Å². The van der Waals surface area contributed by atoms with Crippen LogP contribution in [0.4, 0.5) is 24.7 Å². The van der Waals surface area contributed by atoms with Gasteiger partial charge in [0.2, 0.25) is 0 Å². The Bertz CT molecular complexity index is 829. The first kappa shape index (κ1) is 22.2. The zero-order valence-corrected chi connectivity index (χ0v) is 17.4. The van der Waals surface area contributed by atoms with Gasteiger partial charge in [-0.3, -0.25) is 0 Å². The minimum atomic E-state index is -3.10. The molecule has 0 saturated heterocycles. The monoisotopic (exact) mass is 421 g/mol. The number of nitrogens with one attached hydrogen (secondary N) is 2. The van der Waals surface area contributed by atoms with Gasteiger partial charge in [0.1, 0.15) is 17.1 Å². The van der Waals surface area contributed by atoms with Crippen molar-refractivity contribution in [1.29, 1.82) is 0 Å². The van der Waals surface area contributed by atoms with Crippen LogP contribution in [0, 0.1) is 5.82 Å². The normalized spacial score (nSPS) is 14.3. The van der Waals surface area contributed by atoms with Crippen LogP contribution in [-0.4, -0.2) is 18.1 Å². The van der Waals surface area contributed by atoms with Crippen LogP contribution in [0.5, 0.6) is 11.5 Å². The first-order valence-corrected chi connectivity index (χ1v) is 10.8. The molecule has 0 aliphatic carbocycles. The molecule has 2 N–H and O–H groups in total. The third-order valence-electron chi connectivity index (χ3n) is 5.27. The molecule has 0 radical (unpaired) electrons. The van der Waals surface area contributed by atoms with Crippen molar-refractivity contribution in [2.24, 2.45) is 0 Å². The fourth-order valence-corrected chi connectivity index (χ4v) is 3.60. The highest BCUT2D eigenvalue weighted by Crippen LogP contribution is 2.45. The summed E-state index contributed by atoms with van der Waals surface area (Å²) in [5.41, 5.74) is 0.316. The molecule has 0 atom stereocenters. The van der Waals surface area contributed by atoms with E-state index in [0.717, 1.165) is 19.4 Å². The van der Waals surface area contributed by atoms with Crippen molar-refractivity contribution in [3.63, 3.8) is 0 Å². The molecule has 4 nitrogen and oxygen atoms in total. The first-order valence-electron chi connectivity index (χ1n) is 10.8. The van der Waals surface area contributed by atoms with Gasteiger partial charge in [-0.25, -0.2) is 9.37 Å². The van der Waals surface area contributed by atoms with Crippen molar-refractivity contribution in [2.45, 2.75) is 64.2 Å². The Labute approximate surface area is 176 Å². The summed E-state index contributed by atoms with van der Waals surface area (Å²) < 4.78 is 48.1. The van der Waals surface area contributed by atoms with Crippen molar-refractivity contribution in [3.8, 4) is 11.5 Å². The predicted molar refractivity (Wildman–Crippen MR) is 114 cm³/mol. The number of fused-ring (bicyclic) bond motifs is 1. The number of nitrogens with zero attached hydrogens (tertiary/aromatic N) is 1. The van der Waals surface area contributed by atoms with Gasteiger partial charge in [-0.15, -0.1) is 0 Å². The van der Waals surface area contributed by atoms with Crippen molar-refractivity contribution in [3.05, 3.63) is 41.8 Å². The Kier molecular flexibility index (Phi) is 7.82. The molecule has 2 heterocycles. The molecule has 1 aliphatic heterocycles. The number of pyridine rings is 1. The molecule has 0 unspecified atom stereocenters. The Hall–Kier alpha value is -2.44. The minimum absolute atomic E-state index is 0.0709. The van der Waals surface area contributed by atoms with E-state index in [-0.39, 0.29) is 22.9 Å². The fraction of sp³-hybridized carbons (Fsp3) is 0.522. The molecule has 1 aromatic carbocycles. The van der Waals surface area contributed by atoms with E-state index in [9.17, 15) is 13.2 Å². The van der Waals surface area contributed by atoms with E-state index in [1.54, 1.807) is 6.07 Å². The van der Waals surface area contributed by atoms with Crippen LogP contribution in [0.25, 0.3) is 0 Å². The van der Waals surface area contributed by atoms with Crippen LogP contribution < -0.4 is 15.4 Å². The fourth-order valence-electron chi connectivity index (χ4n) is 3.60. The Balaban J connectivity index is 1.48. The SMILES string of the molecule is CCCCCCCCCCNc1ccc(Oc2ccnc3c2C(F)(F)CN3)c(F)c1. The maximum absolute atomic E-state index is 14.5. The number of halogens is 3. The minimum Gasteiger partial charge on any atom is -0.454 e. The Morgan fingerprint density at radius 3 is 2.50 bits per heavy atom. The van der Waals surface area contributed by atoms with Crippen LogP contribution in [-0.2, 0) is 5.92 Å². The lowest BCUT2D eigenvalue weighted by Crippen LogP contribution is -2.16. The van der Waals surface area contributed by atoms with Gasteiger partial charge < -0.3 is 15.4 Å². The summed E-state index contributed by atoms with van der Waals surface area (Å²) >= 11 is 0. The van der Waals surface area contributed by atoms with Crippen molar-refractivity contribution in [2.75, 3.05) is 23.7 Å². The van der Waals surface area contributed by atoms with E-state index in [2.05, 4.69) is 22.5 Å². The van der Waals surface area contributed by atoms with E-state index in [0.29, 0.717) is 5.69 Å². The molecule has 1 aromatic heterocycles. The average Bonchev–Trinajstić information content (AvgIpc) is 3.04. The molecule has 1 aliphatic rings. The molecule has 0 amide bonds. The van der Waals surface area contributed by atoms with E-state index in [4.69, 9.17) is 4.74 Å². The van der Waals surface area contributed by atoms with Crippen LogP contribution in [0.15, 0.2) is 30.5 Å². The van der Waals surface area contributed by atoms with Gasteiger partial charge in [-0.2, -0.15) is 8.78 Å². The summed E-state index contributed by atoms with van der Waals surface area (Å²) in [6, 6.07) is 5.81. The van der Waals surface area contributed by atoms with E-state index >= 15 is 0 Å². The van der Waals surface area contributed by atoms with Crippen molar-refractivity contribution >= 4 is 11.5 Å². The van der Waals surface area contributed by atoms with Crippen LogP contribution in [0.3, 0.4) is 0 Å². The largest absolute Gasteiger partial charge is 0.454 e. The number of benzene rings is 1. The number of hydrogen-bond acceptors (Lipinski definition) is 4. The van der Waals surface area contributed by atoms with E-state index in [1.165, 1.54) is 62.9 Å². The maximum Gasteiger partial charge on any atom is 0.297 e. The number of hydrogen-bond donors (Lipinski definition) is 2. The predicted octanol–water partition coefficient (Wildman–Crippen LogP) is 7.08. The molecule has 0 bridgehead atoms. The second-order valence-corrected chi connectivity index (χ2v) is 7.74. The second-order valence-electron chi connectivity index (χ2n) is 7.74. The number of unbranched alkanes of at least 4 members (excludes halogenated alkanes) is 7. The van der Waals surface area contributed by atoms with Gasteiger partial charge in [0.25, 0.3) is 5.92 Å². The molecular formula is C23H30F3N3O. The van der Waals surface area contributed by atoms with Gasteiger partial charge in [0, 0.05) is 24.5 Å². The molecule has 7 heteroatoms. The summed E-state index contributed by atoms with van der Waals surface area (Å²) in [4.78, 5) is 3.89. The number of ether oxygens (including phenoxy) is 1. The van der Waals surface area contributed by atoms with E-state index in [1.807, 2.05) is 0 Å². The summed E-state index contributed by atoms with van der Waals surface area (Å²) in [6.45, 7) is 2.44. The standard InChI is InChI=1S/C23H30F3N3O/c1-2-3-4-5-6-7-8-9-13-27-17-10-11-19(18(24)15-17)30-20-12-14-28-22-21(20)23(25,26)16-29-22/h10-12,14-15,27H,2-9,13,16H2,1H3,(H,28,29). The topological polar surface area (TPSA) is 46.2 Å². The second kappa shape index (κ2) is 10.5. The molecule has 3 rings (SSSR count). The third kappa shape index (κ3) is 5.80. The lowest BCUT2D eigenvalue weighted by molar-refractivity contribution is 0.0166. The maximum atomic E-state index is 14.5. The zero-order chi connectivity index (χ0) is 21.4. The van der Waals surface area contributed by atoms with Gasteiger partial charge in [-0.1, -0.05) is 51.9 Å². The Morgan fingerprint density at radius 2 is 1.77 bits per heavy atom. The van der Waals surface area contributed by atoms with Gasteiger partial charge in [0.05, 0.1) is 6.54 Å². The quantitative estimate of drug-likeness (QED) is 0.359. The van der Waals surface area contributed by atoms with E-state index < -0.39 is 18.3 Å². The van der Waals surface area contributed by atoms with Crippen molar-refractivity contribution < 1.29 is 17.9 Å². The summed E-state index contributed by atoms with van der Waals surface area (Å²) in [5.74, 6) is -3.82. The lowest BCUT2D eigenvalue weighted by atomic mass is 10.1. The number of rotatable bonds is 12. The molecule has 0 saturated carbocycles. The highest BCUT2D eigenvalue weighted by Gasteiger charge is 2.43. The first-order chi connectivity index (χ1) is 14.5. The third-order valence-corrected chi connectivity index (χ3v) is 5.27. The van der Waals surface area contributed by atoms with Gasteiger partial charge in [0.15, 0.2) is 11.6 Å². The van der Waals surface area contributed by atoms with Crippen LogP contribution in [0.1, 0.15) is 63.9 Å². The molecule has 0 spiro atoms. The number of aromatic nitrogens is 1.